The second kappa shape index (κ2) is 6.94. The van der Waals surface area contributed by atoms with Gasteiger partial charge in [0.05, 0.1) is 11.4 Å². The number of rotatable bonds is 2. The van der Waals surface area contributed by atoms with Crippen LogP contribution in [0.15, 0.2) is 33.2 Å². The Bertz CT molecular complexity index is 1030. The van der Waals surface area contributed by atoms with Crippen LogP contribution >= 0.6 is 43.2 Å². The van der Waals surface area contributed by atoms with Crippen LogP contribution in [0, 0.1) is 5.92 Å². The minimum absolute atomic E-state index is 0.208. The Balaban J connectivity index is 1.70. The molecule has 7 heteroatoms. The highest BCUT2D eigenvalue weighted by atomic mass is 79.9. The summed E-state index contributed by atoms with van der Waals surface area (Å²) in [6, 6.07) is 7.74. The van der Waals surface area contributed by atoms with Gasteiger partial charge in [0.15, 0.2) is 0 Å². The topological polar surface area (TPSA) is 68.0 Å². The average molecular weight is 495 g/mol. The zero-order chi connectivity index (χ0) is 18.4. The van der Waals surface area contributed by atoms with Crippen LogP contribution in [-0.4, -0.2) is 10.9 Å². The predicted molar refractivity (Wildman–Crippen MR) is 115 cm³/mol. The van der Waals surface area contributed by atoms with Crippen molar-refractivity contribution in [2.24, 2.45) is 5.92 Å². The molecular weight excluding hydrogens is 478 g/mol. The summed E-state index contributed by atoms with van der Waals surface area (Å²) in [6.45, 7) is 2.26. The molecule has 0 spiro atoms. The second-order valence-electron chi connectivity index (χ2n) is 6.72. The van der Waals surface area contributed by atoms with Crippen molar-refractivity contribution in [1.82, 2.24) is 4.98 Å². The maximum absolute atomic E-state index is 12.8. The van der Waals surface area contributed by atoms with Crippen molar-refractivity contribution in [2.45, 2.75) is 26.2 Å². The number of carbonyl (C=O) groups excluding carboxylic acids is 1. The summed E-state index contributed by atoms with van der Waals surface area (Å²) in [7, 11) is 0. The molecule has 0 aliphatic heterocycles. The van der Waals surface area contributed by atoms with E-state index in [0.717, 1.165) is 44.1 Å². The number of hydrogen-bond donors (Lipinski definition) is 2. The smallest absolute Gasteiger partial charge is 0.267 e. The maximum Gasteiger partial charge on any atom is 0.267 e. The number of nitrogens with zero attached hydrogens (tertiary/aromatic N) is 1. The number of amides is 1. The molecule has 134 valence electrons. The van der Waals surface area contributed by atoms with Gasteiger partial charge in [-0.2, -0.15) is 0 Å². The summed E-state index contributed by atoms with van der Waals surface area (Å²) in [6.07, 6.45) is 3.19. The Kier molecular flexibility index (Phi) is 4.79. The van der Waals surface area contributed by atoms with E-state index < -0.39 is 0 Å². The van der Waals surface area contributed by atoms with Gasteiger partial charge in [0.25, 0.3) is 5.91 Å². The van der Waals surface area contributed by atoms with Crippen LogP contribution in [0.5, 0.6) is 0 Å². The first kappa shape index (κ1) is 17.9. The van der Waals surface area contributed by atoms with Gasteiger partial charge in [-0.15, -0.1) is 11.3 Å². The molecule has 1 atom stereocenters. The van der Waals surface area contributed by atoms with Crippen molar-refractivity contribution in [2.75, 3.05) is 11.1 Å². The van der Waals surface area contributed by atoms with Gasteiger partial charge in [-0.25, -0.2) is 4.98 Å². The highest BCUT2D eigenvalue weighted by molar-refractivity contribution is 9.11. The van der Waals surface area contributed by atoms with E-state index in [1.807, 2.05) is 18.2 Å². The van der Waals surface area contributed by atoms with Crippen molar-refractivity contribution in [3.8, 4) is 0 Å². The lowest BCUT2D eigenvalue weighted by atomic mass is 9.87. The van der Waals surface area contributed by atoms with E-state index in [2.05, 4.69) is 50.2 Å². The fourth-order valence-corrected chi connectivity index (χ4v) is 5.45. The number of nitrogens with one attached hydrogen (secondary N) is 1. The van der Waals surface area contributed by atoms with E-state index in [0.29, 0.717) is 22.2 Å². The highest BCUT2D eigenvalue weighted by Gasteiger charge is 2.22. The van der Waals surface area contributed by atoms with Crippen molar-refractivity contribution >= 4 is 70.7 Å². The van der Waals surface area contributed by atoms with E-state index in [4.69, 9.17) is 10.7 Å². The summed E-state index contributed by atoms with van der Waals surface area (Å²) in [5.74, 6) is 0.457. The normalized spacial score (nSPS) is 16.5. The number of aryl methyl sites for hydroxylation is 1. The van der Waals surface area contributed by atoms with Crippen molar-refractivity contribution in [3.05, 3.63) is 49.3 Å². The molecule has 0 saturated carbocycles. The number of aromatic nitrogens is 1. The minimum atomic E-state index is -0.208. The fourth-order valence-electron chi connectivity index (χ4n) is 3.31. The van der Waals surface area contributed by atoms with Crippen LogP contribution in [0.25, 0.3) is 10.2 Å². The van der Waals surface area contributed by atoms with Gasteiger partial charge in [-0.1, -0.05) is 22.9 Å². The largest absolute Gasteiger partial charge is 0.397 e. The Hall–Kier alpha value is -1.44. The van der Waals surface area contributed by atoms with Crippen LogP contribution in [-0.2, 0) is 12.8 Å². The molecule has 3 N–H and O–H groups in total. The molecule has 0 fully saturated rings. The lowest BCUT2D eigenvalue weighted by Crippen LogP contribution is -2.13. The number of thiophene rings is 1. The highest BCUT2D eigenvalue weighted by Crippen LogP contribution is 2.37. The van der Waals surface area contributed by atoms with Gasteiger partial charge in [-0.05, 0) is 70.9 Å². The van der Waals surface area contributed by atoms with Crippen LogP contribution in [0.1, 0.15) is 34.3 Å². The molecule has 1 unspecified atom stereocenters. The first-order chi connectivity index (χ1) is 12.4. The number of halogens is 2. The van der Waals surface area contributed by atoms with Gasteiger partial charge in [0, 0.05) is 20.0 Å². The summed E-state index contributed by atoms with van der Waals surface area (Å²) < 4.78 is 1.75. The molecule has 0 saturated heterocycles. The molecule has 1 aliphatic carbocycles. The Labute approximate surface area is 172 Å². The molecule has 4 rings (SSSR count). The number of carbonyl (C=O) groups is 1. The van der Waals surface area contributed by atoms with Gasteiger partial charge in [0.2, 0.25) is 0 Å². The van der Waals surface area contributed by atoms with Crippen molar-refractivity contribution in [1.29, 1.82) is 0 Å². The SMILES string of the molecule is CC1CCc2nc3sc(C(=O)Nc4ccc(Br)cc4Br)c(N)c3cc2C1. The van der Waals surface area contributed by atoms with Gasteiger partial charge < -0.3 is 11.1 Å². The lowest BCUT2D eigenvalue weighted by Gasteiger charge is -2.20. The molecule has 2 aromatic heterocycles. The predicted octanol–water partition coefficient (Wildman–Crippen LogP) is 5.78. The number of hydrogen-bond acceptors (Lipinski definition) is 4. The summed E-state index contributed by atoms with van der Waals surface area (Å²) in [4.78, 5) is 18.9. The molecule has 2 heterocycles. The minimum Gasteiger partial charge on any atom is -0.397 e. The number of nitrogen functional groups attached to an aromatic ring is 1. The van der Waals surface area contributed by atoms with Crippen LogP contribution in [0.3, 0.4) is 0 Å². The number of benzene rings is 1. The average Bonchev–Trinajstić information content (AvgIpc) is 2.92. The van der Waals surface area contributed by atoms with Crippen molar-refractivity contribution in [3.63, 3.8) is 0 Å². The molecular formula is C19H17Br2N3OS. The van der Waals surface area contributed by atoms with Gasteiger partial charge in [-0.3, -0.25) is 4.79 Å². The second-order valence-corrected chi connectivity index (χ2v) is 9.49. The molecule has 1 aliphatic rings. The Morgan fingerprint density at radius 3 is 2.92 bits per heavy atom. The van der Waals surface area contributed by atoms with Crippen LogP contribution in [0.2, 0.25) is 0 Å². The first-order valence-electron chi connectivity index (χ1n) is 8.39. The Morgan fingerprint density at radius 1 is 1.35 bits per heavy atom. The van der Waals surface area contributed by atoms with E-state index in [1.165, 1.54) is 16.9 Å². The third-order valence-corrected chi connectivity index (χ3v) is 6.98. The van der Waals surface area contributed by atoms with E-state index in [1.54, 1.807) is 0 Å². The molecule has 26 heavy (non-hydrogen) atoms. The van der Waals surface area contributed by atoms with Gasteiger partial charge >= 0.3 is 0 Å². The zero-order valence-corrected chi connectivity index (χ0v) is 18.1. The van der Waals surface area contributed by atoms with Gasteiger partial charge in [0.1, 0.15) is 9.71 Å². The molecule has 0 radical (unpaired) electrons. The molecule has 1 aromatic carbocycles. The van der Waals surface area contributed by atoms with E-state index in [-0.39, 0.29) is 5.91 Å². The first-order valence-corrected chi connectivity index (χ1v) is 10.8. The fraction of sp³-hybridized carbons (Fsp3) is 0.263. The lowest BCUT2D eigenvalue weighted by molar-refractivity contribution is 0.103. The number of nitrogens with two attached hydrogens (primary N) is 1. The maximum atomic E-state index is 12.8. The van der Waals surface area contributed by atoms with Crippen LogP contribution < -0.4 is 11.1 Å². The third-order valence-electron chi connectivity index (χ3n) is 4.72. The van der Waals surface area contributed by atoms with E-state index >= 15 is 0 Å². The van der Waals surface area contributed by atoms with E-state index in [9.17, 15) is 4.79 Å². The third kappa shape index (κ3) is 3.28. The Morgan fingerprint density at radius 2 is 2.15 bits per heavy atom. The number of anilines is 2. The number of pyridine rings is 1. The van der Waals surface area contributed by atoms with Crippen molar-refractivity contribution < 1.29 is 4.79 Å². The van der Waals surface area contributed by atoms with Crippen LogP contribution in [0.4, 0.5) is 11.4 Å². The molecule has 0 bridgehead atoms. The molecule has 4 nitrogen and oxygen atoms in total. The monoisotopic (exact) mass is 493 g/mol. The summed E-state index contributed by atoms with van der Waals surface area (Å²) in [5, 5.41) is 3.82. The number of fused-ring (bicyclic) bond motifs is 2. The zero-order valence-electron chi connectivity index (χ0n) is 14.1. The summed E-state index contributed by atoms with van der Waals surface area (Å²) in [5.41, 5.74) is 9.96. The molecule has 1 amide bonds. The summed E-state index contributed by atoms with van der Waals surface area (Å²) >= 11 is 8.24. The molecule has 3 aromatic rings. The quantitative estimate of drug-likeness (QED) is 0.474. The standard InChI is InChI=1S/C19H17Br2N3OS/c1-9-2-4-14-10(6-9)7-12-16(22)17(26-19(12)24-14)18(25)23-15-5-3-11(20)8-13(15)21/h3,5,7-9H,2,4,6,22H2,1H3,(H,23,25).